The second kappa shape index (κ2) is 5.84. The van der Waals surface area contributed by atoms with Gasteiger partial charge in [-0.25, -0.2) is 0 Å². The minimum atomic E-state index is -0.184. The summed E-state index contributed by atoms with van der Waals surface area (Å²) >= 11 is 5.87. The molecule has 1 heterocycles. The van der Waals surface area contributed by atoms with E-state index in [9.17, 15) is 4.79 Å². The van der Waals surface area contributed by atoms with E-state index >= 15 is 0 Å². The molecule has 0 amide bonds. The Kier molecular flexibility index (Phi) is 3.73. The lowest BCUT2D eigenvalue weighted by Gasteiger charge is -2.04. The first-order chi connectivity index (χ1) is 10.7. The largest absolute Gasteiger partial charge is 0.291 e. The Bertz CT molecular complexity index is 898. The summed E-state index contributed by atoms with van der Waals surface area (Å²) < 4.78 is 1.43. The van der Waals surface area contributed by atoms with Crippen LogP contribution >= 0.6 is 11.6 Å². The topological polar surface area (TPSA) is 56.8 Å². The third-order valence-electron chi connectivity index (χ3n) is 3.35. The first-order valence-electron chi connectivity index (χ1n) is 6.59. The maximum absolute atomic E-state index is 12.9. The summed E-state index contributed by atoms with van der Waals surface area (Å²) in [5.41, 5.74) is 3.42. The highest BCUT2D eigenvalue weighted by atomic mass is 35.5. The number of fused-ring (bicyclic) bond motifs is 1. The second-order valence-corrected chi connectivity index (χ2v) is 5.12. The van der Waals surface area contributed by atoms with Crippen molar-refractivity contribution >= 4 is 28.2 Å². The summed E-state index contributed by atoms with van der Waals surface area (Å²) in [5, 5.41) is 11.2. The van der Waals surface area contributed by atoms with Crippen molar-refractivity contribution in [1.82, 2.24) is 0 Å². The molecule has 0 unspecified atom stereocenters. The highest BCUT2D eigenvalue weighted by molar-refractivity contribution is 6.30. The molecule has 0 bridgehead atoms. The Morgan fingerprint density at radius 1 is 1.09 bits per heavy atom. The lowest BCUT2D eigenvalue weighted by atomic mass is 10.0. The van der Waals surface area contributed by atoms with Crippen molar-refractivity contribution in [3.05, 3.63) is 77.1 Å². The summed E-state index contributed by atoms with van der Waals surface area (Å²) in [5.74, 6) is -0.184. The normalized spacial score (nSPS) is 10.2. The van der Waals surface area contributed by atoms with Gasteiger partial charge >= 0.3 is 0 Å². The average molecular weight is 309 g/mol. The highest BCUT2D eigenvalue weighted by Crippen LogP contribution is 2.19. The molecule has 2 aromatic carbocycles. The molecular formula is C17H11ClN3O+. The summed E-state index contributed by atoms with van der Waals surface area (Å²) in [7, 11) is 0. The minimum Gasteiger partial charge on any atom is -0.282 e. The van der Waals surface area contributed by atoms with E-state index in [0.29, 0.717) is 16.3 Å². The molecule has 0 fully saturated rings. The molecule has 1 aromatic heterocycles. The Hall–Kier alpha value is -2.90. The van der Waals surface area contributed by atoms with Crippen molar-refractivity contribution < 1.29 is 9.47 Å². The van der Waals surface area contributed by atoms with Crippen LogP contribution in [0.25, 0.3) is 10.8 Å². The van der Waals surface area contributed by atoms with Crippen LogP contribution in [-0.2, 0) is 0 Å². The molecule has 0 saturated carbocycles. The zero-order valence-corrected chi connectivity index (χ0v) is 12.2. The zero-order chi connectivity index (χ0) is 15.5. The second-order valence-electron chi connectivity index (χ2n) is 4.68. The van der Waals surface area contributed by atoms with Gasteiger partial charge < -0.3 is 0 Å². The summed E-state index contributed by atoms with van der Waals surface area (Å²) in [6.07, 6.45) is 3.51. The van der Waals surface area contributed by atoms with Crippen LogP contribution in [0.5, 0.6) is 0 Å². The van der Waals surface area contributed by atoms with E-state index in [1.807, 2.05) is 36.5 Å². The maximum atomic E-state index is 12.9. The Balaban J connectivity index is 2.23. The van der Waals surface area contributed by atoms with Gasteiger partial charge in [-0.15, -0.1) is 0 Å². The van der Waals surface area contributed by atoms with Crippen LogP contribution in [0, 0.1) is 11.5 Å². The van der Waals surface area contributed by atoms with Crippen LogP contribution in [0.1, 0.15) is 16.1 Å². The van der Waals surface area contributed by atoms with E-state index in [2.05, 4.69) is 5.43 Å². The molecule has 5 heteroatoms. The summed E-state index contributed by atoms with van der Waals surface area (Å²) in [6.45, 7) is 0. The van der Waals surface area contributed by atoms with Crippen LogP contribution in [0.3, 0.4) is 0 Å². The van der Waals surface area contributed by atoms with Crippen molar-refractivity contribution in [3.8, 4) is 6.19 Å². The Morgan fingerprint density at radius 3 is 2.55 bits per heavy atom. The number of nitriles is 1. The quantitative estimate of drug-likeness (QED) is 0.350. The summed E-state index contributed by atoms with van der Waals surface area (Å²) in [4.78, 5) is 12.9. The molecule has 0 atom stereocenters. The van der Waals surface area contributed by atoms with Crippen LogP contribution in [0.4, 0.5) is 0 Å². The third kappa shape index (κ3) is 2.50. The van der Waals surface area contributed by atoms with Gasteiger partial charge in [0.05, 0.1) is 5.39 Å². The van der Waals surface area contributed by atoms with Gasteiger partial charge in [0.15, 0.2) is 0 Å². The van der Waals surface area contributed by atoms with Crippen molar-refractivity contribution in [2.75, 3.05) is 5.43 Å². The van der Waals surface area contributed by atoms with Crippen molar-refractivity contribution in [1.29, 1.82) is 5.26 Å². The molecule has 0 saturated heterocycles. The smallest absolute Gasteiger partial charge is 0.282 e. The molecule has 1 N–H and O–H groups in total. The van der Waals surface area contributed by atoms with E-state index in [-0.39, 0.29) is 5.78 Å². The number of rotatable bonds is 3. The van der Waals surface area contributed by atoms with Crippen LogP contribution in [0.15, 0.2) is 60.8 Å². The van der Waals surface area contributed by atoms with Crippen molar-refractivity contribution in [3.63, 3.8) is 0 Å². The number of ketones is 1. The fourth-order valence-electron chi connectivity index (χ4n) is 2.33. The molecule has 4 nitrogen and oxygen atoms in total. The zero-order valence-electron chi connectivity index (χ0n) is 11.5. The SMILES string of the molecule is N#CN[n+]1ccc2ccccc2c1C(=O)c1ccc(Cl)cc1. The van der Waals surface area contributed by atoms with Crippen LogP contribution in [-0.4, -0.2) is 5.78 Å². The van der Waals surface area contributed by atoms with E-state index in [1.54, 1.807) is 30.5 Å². The molecule has 0 spiro atoms. The number of nitrogens with zero attached hydrogens (tertiary/aromatic N) is 2. The van der Waals surface area contributed by atoms with Gasteiger partial charge in [-0.05, 0) is 35.7 Å². The molecule has 0 radical (unpaired) electrons. The van der Waals surface area contributed by atoms with Gasteiger partial charge in [0, 0.05) is 16.7 Å². The monoisotopic (exact) mass is 308 g/mol. The number of carbonyl (C=O) groups is 1. The lowest BCUT2D eigenvalue weighted by Crippen LogP contribution is -2.47. The predicted octanol–water partition coefficient (Wildman–Crippen LogP) is 3.04. The van der Waals surface area contributed by atoms with E-state index in [4.69, 9.17) is 16.9 Å². The minimum absolute atomic E-state index is 0.184. The third-order valence-corrected chi connectivity index (χ3v) is 3.60. The molecule has 106 valence electrons. The molecule has 3 aromatic rings. The van der Waals surface area contributed by atoms with Gasteiger partial charge in [0.2, 0.25) is 12.4 Å². The molecule has 22 heavy (non-hydrogen) atoms. The average Bonchev–Trinajstić information content (AvgIpc) is 2.55. The lowest BCUT2D eigenvalue weighted by molar-refractivity contribution is -0.643. The van der Waals surface area contributed by atoms with E-state index in [1.165, 1.54) is 4.68 Å². The number of aromatic nitrogens is 1. The van der Waals surface area contributed by atoms with E-state index < -0.39 is 0 Å². The van der Waals surface area contributed by atoms with Gasteiger partial charge in [0.1, 0.15) is 0 Å². The standard InChI is InChI=1S/C17H10ClN3O/c18-14-7-5-13(6-8-14)17(22)16-15-4-2-1-3-12(15)9-10-21(16)20-11-19/h1-10H/p+1. The Morgan fingerprint density at radius 2 is 1.82 bits per heavy atom. The van der Waals surface area contributed by atoms with Gasteiger partial charge in [-0.1, -0.05) is 39.9 Å². The number of carbonyl (C=O) groups excluding carboxylic acids is 1. The van der Waals surface area contributed by atoms with Gasteiger partial charge in [-0.3, -0.25) is 4.79 Å². The number of hydrogen-bond donors (Lipinski definition) is 1. The number of hydrogen-bond acceptors (Lipinski definition) is 3. The first-order valence-corrected chi connectivity index (χ1v) is 6.97. The number of halogens is 1. The molecule has 0 aliphatic carbocycles. The number of benzene rings is 2. The number of nitrogens with one attached hydrogen (secondary N) is 1. The first kappa shape index (κ1) is 14.1. The highest BCUT2D eigenvalue weighted by Gasteiger charge is 2.25. The number of pyridine rings is 1. The fraction of sp³-hybridized carbons (Fsp3) is 0. The molecule has 0 aliphatic rings. The fourth-order valence-corrected chi connectivity index (χ4v) is 2.46. The molecular weight excluding hydrogens is 298 g/mol. The maximum Gasteiger partial charge on any atom is 0.291 e. The molecule has 3 rings (SSSR count). The van der Waals surface area contributed by atoms with Gasteiger partial charge in [-0.2, -0.15) is 5.26 Å². The Labute approximate surface area is 132 Å². The molecule has 0 aliphatic heterocycles. The van der Waals surface area contributed by atoms with Crippen molar-refractivity contribution in [2.45, 2.75) is 0 Å². The van der Waals surface area contributed by atoms with E-state index in [0.717, 1.165) is 10.8 Å². The predicted molar refractivity (Wildman–Crippen MR) is 84.0 cm³/mol. The summed E-state index contributed by atoms with van der Waals surface area (Å²) in [6, 6.07) is 16.1. The van der Waals surface area contributed by atoms with Crippen LogP contribution < -0.4 is 10.1 Å². The van der Waals surface area contributed by atoms with Crippen molar-refractivity contribution in [2.24, 2.45) is 0 Å². The van der Waals surface area contributed by atoms with Crippen LogP contribution in [0.2, 0.25) is 5.02 Å². The van der Waals surface area contributed by atoms with Gasteiger partial charge in [0.25, 0.3) is 11.5 Å².